The van der Waals surface area contributed by atoms with Crippen molar-refractivity contribution in [3.63, 3.8) is 0 Å². The van der Waals surface area contributed by atoms with Crippen LogP contribution in [0, 0.1) is 5.92 Å². The molecule has 1 saturated carbocycles. The van der Waals surface area contributed by atoms with Crippen LogP contribution < -0.4 is 16.0 Å². The summed E-state index contributed by atoms with van der Waals surface area (Å²) in [5.41, 5.74) is 1.51. The van der Waals surface area contributed by atoms with Gasteiger partial charge in [-0.1, -0.05) is 19.3 Å². The normalized spacial score (nSPS) is 18.4. The van der Waals surface area contributed by atoms with E-state index in [0.717, 1.165) is 36.9 Å². The van der Waals surface area contributed by atoms with Gasteiger partial charge in [0.2, 0.25) is 11.8 Å². The second kappa shape index (κ2) is 10.4. The summed E-state index contributed by atoms with van der Waals surface area (Å²) < 4.78 is 0. The van der Waals surface area contributed by atoms with Crippen molar-refractivity contribution in [2.45, 2.75) is 44.9 Å². The molecule has 148 valence electrons. The van der Waals surface area contributed by atoms with Crippen LogP contribution in [0.15, 0.2) is 24.3 Å². The number of benzene rings is 1. The molecule has 6 nitrogen and oxygen atoms in total. The van der Waals surface area contributed by atoms with Gasteiger partial charge in [0.1, 0.15) is 0 Å². The van der Waals surface area contributed by atoms with Crippen LogP contribution in [0.25, 0.3) is 0 Å². The number of carbonyl (C=O) groups is 2. The van der Waals surface area contributed by atoms with Gasteiger partial charge in [-0.15, -0.1) is 0 Å². The fraction of sp³-hybridized carbons (Fsp3) is 0.619. The van der Waals surface area contributed by atoms with Crippen molar-refractivity contribution in [2.75, 3.05) is 43.4 Å². The third-order valence-electron chi connectivity index (χ3n) is 5.18. The first-order valence-electron chi connectivity index (χ1n) is 10.3. The van der Waals surface area contributed by atoms with Gasteiger partial charge < -0.3 is 16.0 Å². The smallest absolute Gasteiger partial charge is 0.238 e. The van der Waals surface area contributed by atoms with Crippen molar-refractivity contribution < 1.29 is 9.59 Å². The van der Waals surface area contributed by atoms with Gasteiger partial charge in [-0.2, -0.15) is 0 Å². The number of amides is 2. The fourth-order valence-corrected chi connectivity index (χ4v) is 3.43. The first kappa shape index (κ1) is 19.8. The molecular weight excluding hydrogens is 340 g/mol. The third kappa shape index (κ3) is 7.69. The molecule has 0 spiro atoms. The minimum Gasteiger partial charge on any atom is -0.325 e. The molecule has 1 aromatic carbocycles. The van der Waals surface area contributed by atoms with E-state index in [1.165, 1.54) is 44.9 Å². The van der Waals surface area contributed by atoms with Crippen LogP contribution in [0.1, 0.15) is 44.9 Å². The maximum Gasteiger partial charge on any atom is 0.238 e. The van der Waals surface area contributed by atoms with Crippen molar-refractivity contribution in [1.29, 1.82) is 0 Å². The Bertz CT molecular complexity index is 605. The van der Waals surface area contributed by atoms with Crippen molar-refractivity contribution in [2.24, 2.45) is 5.92 Å². The standard InChI is InChI=1S/C21H32N4O2/c26-20(15-22-14-17-6-7-17)23-18-8-10-19(11-9-18)24-21(27)16-25-12-4-2-1-3-5-13-25/h8-11,17,22H,1-7,12-16H2,(H,23,26)(H,24,27). The topological polar surface area (TPSA) is 73.5 Å². The maximum absolute atomic E-state index is 12.3. The lowest BCUT2D eigenvalue weighted by Crippen LogP contribution is -2.35. The highest BCUT2D eigenvalue weighted by atomic mass is 16.2. The highest BCUT2D eigenvalue weighted by molar-refractivity contribution is 5.94. The van der Waals surface area contributed by atoms with Crippen LogP contribution >= 0.6 is 0 Å². The Morgan fingerprint density at radius 2 is 1.41 bits per heavy atom. The van der Waals surface area contributed by atoms with Gasteiger partial charge in [-0.05, 0) is 75.5 Å². The summed E-state index contributed by atoms with van der Waals surface area (Å²) in [4.78, 5) is 26.4. The average molecular weight is 373 g/mol. The first-order chi connectivity index (χ1) is 13.2. The predicted octanol–water partition coefficient (Wildman–Crippen LogP) is 2.83. The summed E-state index contributed by atoms with van der Waals surface area (Å²) in [6.07, 6.45) is 8.76. The first-order valence-corrected chi connectivity index (χ1v) is 10.3. The lowest BCUT2D eigenvalue weighted by Gasteiger charge is -2.23. The zero-order valence-electron chi connectivity index (χ0n) is 16.1. The quantitative estimate of drug-likeness (QED) is 0.656. The Balaban J connectivity index is 1.38. The summed E-state index contributed by atoms with van der Waals surface area (Å²) in [7, 11) is 0. The zero-order valence-corrected chi connectivity index (χ0v) is 16.1. The molecule has 1 aliphatic heterocycles. The summed E-state index contributed by atoms with van der Waals surface area (Å²) >= 11 is 0. The van der Waals surface area contributed by atoms with E-state index >= 15 is 0 Å². The number of hydrogen-bond acceptors (Lipinski definition) is 4. The number of anilines is 2. The summed E-state index contributed by atoms with van der Waals surface area (Å²) in [5, 5.41) is 9.00. The largest absolute Gasteiger partial charge is 0.325 e. The van der Waals surface area contributed by atoms with E-state index < -0.39 is 0 Å². The number of nitrogens with one attached hydrogen (secondary N) is 3. The van der Waals surface area contributed by atoms with E-state index in [9.17, 15) is 9.59 Å². The lowest BCUT2D eigenvalue weighted by atomic mass is 10.1. The minimum atomic E-state index is -0.0375. The van der Waals surface area contributed by atoms with Crippen LogP contribution in [-0.2, 0) is 9.59 Å². The second-order valence-corrected chi connectivity index (χ2v) is 7.79. The van der Waals surface area contributed by atoms with Crippen LogP contribution in [0.3, 0.4) is 0 Å². The van der Waals surface area contributed by atoms with Crippen LogP contribution in [0.4, 0.5) is 11.4 Å². The average Bonchev–Trinajstić information content (AvgIpc) is 3.43. The zero-order chi connectivity index (χ0) is 18.9. The number of nitrogens with zero attached hydrogens (tertiary/aromatic N) is 1. The number of carbonyl (C=O) groups excluding carboxylic acids is 2. The number of rotatable bonds is 8. The van der Waals surface area contributed by atoms with Gasteiger partial charge in [0.25, 0.3) is 0 Å². The number of likely N-dealkylation sites (tertiary alicyclic amines) is 1. The molecule has 0 unspecified atom stereocenters. The maximum atomic E-state index is 12.3. The molecule has 2 aliphatic rings. The van der Waals surface area contributed by atoms with Crippen molar-refractivity contribution in [1.82, 2.24) is 10.2 Å². The molecule has 3 rings (SSSR count). The van der Waals surface area contributed by atoms with Gasteiger partial charge in [-0.3, -0.25) is 14.5 Å². The van der Waals surface area contributed by atoms with Crippen LogP contribution in [0.2, 0.25) is 0 Å². The molecule has 27 heavy (non-hydrogen) atoms. The molecule has 6 heteroatoms. The van der Waals surface area contributed by atoms with Gasteiger partial charge >= 0.3 is 0 Å². The molecule has 2 fully saturated rings. The van der Waals surface area contributed by atoms with E-state index in [2.05, 4.69) is 20.9 Å². The lowest BCUT2D eigenvalue weighted by molar-refractivity contribution is -0.117. The molecule has 1 heterocycles. The molecule has 1 aliphatic carbocycles. The summed E-state index contributed by atoms with van der Waals surface area (Å²) in [6.45, 7) is 3.73. The number of hydrogen-bond donors (Lipinski definition) is 3. The molecule has 2 amide bonds. The van der Waals surface area contributed by atoms with E-state index in [1.54, 1.807) is 0 Å². The fourth-order valence-electron chi connectivity index (χ4n) is 3.43. The van der Waals surface area contributed by atoms with Crippen LogP contribution in [-0.4, -0.2) is 49.4 Å². The minimum absolute atomic E-state index is 0.0247. The third-order valence-corrected chi connectivity index (χ3v) is 5.18. The van der Waals surface area contributed by atoms with E-state index in [-0.39, 0.29) is 11.8 Å². The summed E-state index contributed by atoms with van der Waals surface area (Å²) in [6, 6.07) is 7.31. The highest BCUT2D eigenvalue weighted by Gasteiger charge is 2.20. The molecule has 3 N–H and O–H groups in total. The van der Waals surface area contributed by atoms with Gasteiger partial charge in [0.05, 0.1) is 13.1 Å². The van der Waals surface area contributed by atoms with E-state index in [4.69, 9.17) is 0 Å². The van der Waals surface area contributed by atoms with E-state index in [1.807, 2.05) is 24.3 Å². The Labute approximate surface area is 162 Å². The Morgan fingerprint density at radius 3 is 2.00 bits per heavy atom. The molecule has 1 aromatic rings. The Morgan fingerprint density at radius 1 is 0.852 bits per heavy atom. The Kier molecular flexibility index (Phi) is 7.66. The molecule has 0 radical (unpaired) electrons. The van der Waals surface area contributed by atoms with Gasteiger partial charge in [0, 0.05) is 11.4 Å². The Hall–Kier alpha value is -1.92. The van der Waals surface area contributed by atoms with Crippen LogP contribution in [0.5, 0.6) is 0 Å². The SMILES string of the molecule is O=C(CNCC1CC1)Nc1ccc(NC(=O)CN2CCCCCCC2)cc1. The van der Waals surface area contributed by atoms with Crippen molar-refractivity contribution in [3.05, 3.63) is 24.3 Å². The highest BCUT2D eigenvalue weighted by Crippen LogP contribution is 2.27. The van der Waals surface area contributed by atoms with Gasteiger partial charge in [-0.25, -0.2) is 0 Å². The summed E-state index contributed by atoms with van der Waals surface area (Å²) in [5.74, 6) is 0.751. The predicted molar refractivity (Wildman–Crippen MR) is 109 cm³/mol. The molecule has 0 aromatic heterocycles. The molecule has 0 bridgehead atoms. The van der Waals surface area contributed by atoms with E-state index in [0.29, 0.717) is 13.1 Å². The molecule has 0 atom stereocenters. The molecule has 1 saturated heterocycles. The van der Waals surface area contributed by atoms with Gasteiger partial charge in [0.15, 0.2) is 0 Å². The van der Waals surface area contributed by atoms with Crippen molar-refractivity contribution in [3.8, 4) is 0 Å². The van der Waals surface area contributed by atoms with Crippen molar-refractivity contribution >= 4 is 23.2 Å². The monoisotopic (exact) mass is 372 g/mol. The molecular formula is C21H32N4O2. The second-order valence-electron chi connectivity index (χ2n) is 7.79.